The third-order valence-corrected chi connectivity index (χ3v) is 4.82. The van der Waals surface area contributed by atoms with Gasteiger partial charge in [0.2, 0.25) is 0 Å². The number of hydrogen-bond donors (Lipinski definition) is 6. The highest BCUT2D eigenvalue weighted by molar-refractivity contribution is 4.94. The highest BCUT2D eigenvalue weighted by Crippen LogP contribution is 2.25. The molecule has 4 bridgehead atoms. The molecule has 0 aliphatic carbocycles. The molecule has 0 saturated carbocycles. The second-order valence-electron chi connectivity index (χ2n) is 6.37. The van der Waals surface area contributed by atoms with Gasteiger partial charge in [0, 0.05) is 13.1 Å². The molecule has 0 radical (unpaired) electrons. The summed E-state index contributed by atoms with van der Waals surface area (Å²) in [5, 5.41) is 46.3. The fraction of sp³-hybridized carbons (Fsp3) is 1.00. The van der Waals surface area contributed by atoms with Gasteiger partial charge in [0.15, 0.2) is 0 Å². The molecule has 3 saturated heterocycles. The quantitative estimate of drug-likeness (QED) is 0.278. The molecule has 0 unspecified atom stereocenters. The van der Waals surface area contributed by atoms with E-state index in [0.29, 0.717) is 39.0 Å². The van der Waals surface area contributed by atoms with Crippen LogP contribution in [-0.4, -0.2) is 95.4 Å². The van der Waals surface area contributed by atoms with Gasteiger partial charge in [-0.15, -0.1) is 0 Å². The van der Waals surface area contributed by atoms with Gasteiger partial charge in [-0.1, -0.05) is 0 Å². The summed E-state index contributed by atoms with van der Waals surface area (Å²) in [4.78, 5) is 0. The fourth-order valence-corrected chi connectivity index (χ4v) is 3.44. The summed E-state index contributed by atoms with van der Waals surface area (Å²) < 4.78 is 11.4. The van der Waals surface area contributed by atoms with Crippen molar-refractivity contribution < 1.29 is 29.9 Å². The average Bonchev–Trinajstić information content (AvgIpc) is 2.93. The predicted molar refractivity (Wildman–Crippen MR) is 76.3 cm³/mol. The Bertz CT molecular complexity index is 307. The van der Waals surface area contributed by atoms with Gasteiger partial charge in [-0.25, -0.2) is 0 Å². The lowest BCUT2D eigenvalue weighted by atomic mass is 10.0. The lowest BCUT2D eigenvalue weighted by Crippen LogP contribution is -2.40. The summed E-state index contributed by atoms with van der Waals surface area (Å²) in [5.74, 6) is 0. The summed E-state index contributed by atoms with van der Waals surface area (Å²) in [6.07, 6.45) is -4.07. The molecule has 0 aromatic carbocycles. The van der Waals surface area contributed by atoms with E-state index in [9.17, 15) is 20.4 Å². The van der Waals surface area contributed by atoms with Gasteiger partial charge in [-0.3, -0.25) is 0 Å². The zero-order valence-electron chi connectivity index (χ0n) is 12.5. The summed E-state index contributed by atoms with van der Waals surface area (Å²) in [5.41, 5.74) is 0. The summed E-state index contributed by atoms with van der Waals surface area (Å²) in [6.45, 7) is 2.00. The maximum absolute atomic E-state index is 10.0. The number of aliphatic hydroxyl groups excluding tert-OH is 4. The Balaban J connectivity index is 1.61. The highest BCUT2D eigenvalue weighted by atomic mass is 16.5. The van der Waals surface area contributed by atoms with Crippen LogP contribution in [0.25, 0.3) is 0 Å². The van der Waals surface area contributed by atoms with Gasteiger partial charge in [0.05, 0.1) is 24.4 Å². The Morgan fingerprint density at radius 2 is 0.955 bits per heavy atom. The van der Waals surface area contributed by atoms with E-state index in [1.165, 1.54) is 0 Å². The maximum atomic E-state index is 10.0. The van der Waals surface area contributed by atoms with E-state index in [2.05, 4.69) is 10.6 Å². The first-order valence-electron chi connectivity index (χ1n) is 8.02. The zero-order chi connectivity index (χ0) is 15.7. The Morgan fingerprint density at radius 3 is 1.36 bits per heavy atom. The number of aliphatic hydroxyl groups is 4. The van der Waals surface area contributed by atoms with Crippen molar-refractivity contribution in [1.29, 1.82) is 0 Å². The van der Waals surface area contributed by atoms with Crippen molar-refractivity contribution in [2.24, 2.45) is 0 Å². The van der Waals surface area contributed by atoms with Crippen LogP contribution >= 0.6 is 0 Å². The van der Waals surface area contributed by atoms with Crippen molar-refractivity contribution in [2.45, 2.75) is 61.7 Å². The summed E-state index contributed by atoms with van der Waals surface area (Å²) in [6, 6.07) is 0. The minimum absolute atomic E-state index is 0.398. The van der Waals surface area contributed by atoms with Crippen LogP contribution < -0.4 is 10.6 Å². The summed E-state index contributed by atoms with van der Waals surface area (Å²) >= 11 is 0. The van der Waals surface area contributed by atoms with Crippen molar-refractivity contribution >= 4 is 0 Å². The molecule has 3 rings (SSSR count). The van der Waals surface area contributed by atoms with Gasteiger partial charge in [-0.2, -0.15) is 0 Å². The van der Waals surface area contributed by atoms with E-state index in [1.54, 1.807) is 0 Å². The molecule has 3 heterocycles. The fourth-order valence-electron chi connectivity index (χ4n) is 3.44. The van der Waals surface area contributed by atoms with E-state index < -0.39 is 48.8 Å². The molecule has 0 aromatic rings. The topological polar surface area (TPSA) is 123 Å². The van der Waals surface area contributed by atoms with Crippen LogP contribution in [0.15, 0.2) is 0 Å². The first kappa shape index (κ1) is 16.5. The first-order valence-corrected chi connectivity index (χ1v) is 8.02. The molecule has 3 aliphatic rings. The molecule has 8 heteroatoms. The Kier molecular flexibility index (Phi) is 5.31. The first-order chi connectivity index (χ1) is 10.6. The molecule has 0 spiro atoms. The van der Waals surface area contributed by atoms with Crippen LogP contribution in [0.4, 0.5) is 0 Å². The molecule has 3 fully saturated rings. The lowest BCUT2D eigenvalue weighted by molar-refractivity contribution is -0.00727. The van der Waals surface area contributed by atoms with Crippen molar-refractivity contribution in [1.82, 2.24) is 10.6 Å². The number of hydrogen-bond acceptors (Lipinski definition) is 8. The summed E-state index contributed by atoms with van der Waals surface area (Å²) in [7, 11) is 0. The molecule has 6 N–H and O–H groups in total. The van der Waals surface area contributed by atoms with Crippen LogP contribution in [0.2, 0.25) is 0 Å². The smallest absolute Gasteiger partial charge is 0.110 e. The predicted octanol–water partition coefficient (Wildman–Crippen LogP) is -3.06. The lowest BCUT2D eigenvalue weighted by Gasteiger charge is -2.19. The zero-order valence-corrected chi connectivity index (χ0v) is 12.5. The second kappa shape index (κ2) is 7.06. The van der Waals surface area contributed by atoms with E-state index >= 15 is 0 Å². The van der Waals surface area contributed by atoms with Gasteiger partial charge in [-0.05, 0) is 25.9 Å². The van der Waals surface area contributed by atoms with Crippen LogP contribution in [0.1, 0.15) is 12.8 Å². The number of ether oxygens (including phenoxy) is 2. The third-order valence-electron chi connectivity index (χ3n) is 4.82. The van der Waals surface area contributed by atoms with E-state index in [0.717, 1.165) is 0 Å². The monoisotopic (exact) mass is 318 g/mol. The van der Waals surface area contributed by atoms with E-state index in [1.807, 2.05) is 0 Å². The van der Waals surface area contributed by atoms with Crippen LogP contribution in [-0.2, 0) is 9.47 Å². The van der Waals surface area contributed by atoms with Crippen LogP contribution in [0, 0.1) is 0 Å². The van der Waals surface area contributed by atoms with Crippen LogP contribution in [0.5, 0.6) is 0 Å². The number of rotatable bonds is 0. The van der Waals surface area contributed by atoms with Crippen molar-refractivity contribution in [3.63, 3.8) is 0 Å². The molecule has 0 amide bonds. The van der Waals surface area contributed by atoms with Gasteiger partial charge >= 0.3 is 0 Å². The molecule has 128 valence electrons. The Hall–Kier alpha value is -0.320. The standard InChI is InChI=1S/C14H26N2O6/c17-11-7-1-3-15-5-10-14(20)12(18)8(22-10)2-4-16-6-9(21-7)13(11)19/h7-20H,1-6H2/t7-,8-,9+,10+,11-,12-,13+,14+/m0/s1. The molecule has 0 aromatic heterocycles. The van der Waals surface area contributed by atoms with Gasteiger partial charge < -0.3 is 40.5 Å². The van der Waals surface area contributed by atoms with E-state index in [-0.39, 0.29) is 0 Å². The Labute approximate surface area is 129 Å². The average molecular weight is 318 g/mol. The normalized spacial score (nSPS) is 50.7. The van der Waals surface area contributed by atoms with E-state index in [4.69, 9.17) is 9.47 Å². The van der Waals surface area contributed by atoms with Crippen molar-refractivity contribution in [2.75, 3.05) is 26.2 Å². The molecule has 3 aliphatic heterocycles. The van der Waals surface area contributed by atoms with Crippen LogP contribution in [0.3, 0.4) is 0 Å². The highest BCUT2D eigenvalue weighted by Gasteiger charge is 2.44. The molecular weight excluding hydrogens is 292 g/mol. The van der Waals surface area contributed by atoms with Crippen molar-refractivity contribution in [3.05, 3.63) is 0 Å². The minimum Gasteiger partial charge on any atom is -0.388 e. The molecule has 8 nitrogen and oxygen atoms in total. The SMILES string of the molecule is O[C@@H]1[C@H](O)[C@H]2CNCC[C@@H]3O[C@H](CNCC[C@@H]1O2)[C@@H](O)[C@H]3O. The van der Waals surface area contributed by atoms with Crippen molar-refractivity contribution in [3.8, 4) is 0 Å². The largest absolute Gasteiger partial charge is 0.388 e. The maximum Gasteiger partial charge on any atom is 0.110 e. The van der Waals surface area contributed by atoms with Gasteiger partial charge in [0.1, 0.15) is 24.4 Å². The number of fused-ring (bicyclic) bond motifs is 4. The molecule has 8 atom stereocenters. The third kappa shape index (κ3) is 3.29. The Morgan fingerprint density at radius 1 is 0.591 bits per heavy atom. The number of nitrogens with one attached hydrogen (secondary N) is 2. The minimum atomic E-state index is -0.886. The molecular formula is C14H26N2O6. The van der Waals surface area contributed by atoms with Gasteiger partial charge in [0.25, 0.3) is 0 Å². The molecule has 22 heavy (non-hydrogen) atoms. The second-order valence-corrected chi connectivity index (χ2v) is 6.37.